The maximum absolute atomic E-state index is 11.2. The summed E-state index contributed by atoms with van der Waals surface area (Å²) in [5.74, 6) is -0.0611. The number of nitrogens with zero attached hydrogens (tertiary/aromatic N) is 1. The van der Waals surface area contributed by atoms with Gasteiger partial charge in [0, 0.05) is 19.1 Å². The molecule has 1 heterocycles. The predicted octanol–water partition coefficient (Wildman–Crippen LogP) is 0.667. The molecule has 0 aromatic rings. The Labute approximate surface area is 79.7 Å². The maximum Gasteiger partial charge on any atom is 0.136 e. The van der Waals surface area contributed by atoms with Gasteiger partial charge in [-0.3, -0.25) is 4.79 Å². The average molecular weight is 185 g/mol. The molecule has 0 bridgehead atoms. The zero-order valence-electron chi connectivity index (χ0n) is 8.66. The van der Waals surface area contributed by atoms with Gasteiger partial charge in [-0.1, -0.05) is 0 Å². The van der Waals surface area contributed by atoms with Crippen LogP contribution in [0.2, 0.25) is 0 Å². The van der Waals surface area contributed by atoms with Crippen LogP contribution in [0.4, 0.5) is 0 Å². The summed E-state index contributed by atoms with van der Waals surface area (Å²) in [5, 5.41) is 9.59. The number of carbonyl (C=O) groups excluding carboxylic acids is 1. The molecular weight excluding hydrogens is 166 g/mol. The topological polar surface area (TPSA) is 40.5 Å². The van der Waals surface area contributed by atoms with E-state index < -0.39 is 6.10 Å². The molecule has 2 atom stereocenters. The fraction of sp³-hybridized carbons (Fsp3) is 0.900. The molecule has 0 saturated carbocycles. The van der Waals surface area contributed by atoms with Gasteiger partial charge in [-0.05, 0) is 27.2 Å². The van der Waals surface area contributed by atoms with E-state index in [1.807, 2.05) is 0 Å². The minimum Gasteiger partial charge on any atom is -0.392 e. The van der Waals surface area contributed by atoms with E-state index in [0.29, 0.717) is 12.6 Å². The Balaban J connectivity index is 2.58. The second kappa shape index (κ2) is 4.20. The van der Waals surface area contributed by atoms with E-state index in [9.17, 15) is 9.90 Å². The largest absolute Gasteiger partial charge is 0.392 e. The van der Waals surface area contributed by atoms with Crippen molar-refractivity contribution in [1.82, 2.24) is 4.90 Å². The average Bonchev–Trinajstić information content (AvgIpc) is 2.04. The van der Waals surface area contributed by atoms with E-state index in [0.717, 1.165) is 13.0 Å². The summed E-state index contributed by atoms with van der Waals surface area (Å²) < 4.78 is 0. The molecule has 76 valence electrons. The van der Waals surface area contributed by atoms with Gasteiger partial charge in [0.1, 0.15) is 5.78 Å². The van der Waals surface area contributed by atoms with Crippen molar-refractivity contribution in [3.05, 3.63) is 0 Å². The summed E-state index contributed by atoms with van der Waals surface area (Å²) in [6.45, 7) is 7.43. The van der Waals surface area contributed by atoms with Gasteiger partial charge in [0.15, 0.2) is 0 Å². The van der Waals surface area contributed by atoms with Crippen LogP contribution in [-0.2, 0) is 4.79 Å². The lowest BCUT2D eigenvalue weighted by Crippen LogP contribution is -2.48. The number of Topliss-reactive ketones (excluding diaryl/α,β-unsaturated/α-hetero) is 1. The van der Waals surface area contributed by atoms with Crippen molar-refractivity contribution in [2.45, 2.75) is 39.3 Å². The number of carbonyl (C=O) groups is 1. The number of hydrogen-bond acceptors (Lipinski definition) is 3. The van der Waals surface area contributed by atoms with Gasteiger partial charge in [0.25, 0.3) is 0 Å². The van der Waals surface area contributed by atoms with Crippen LogP contribution in [0, 0.1) is 5.92 Å². The zero-order valence-corrected chi connectivity index (χ0v) is 8.66. The van der Waals surface area contributed by atoms with E-state index in [1.165, 1.54) is 0 Å². The van der Waals surface area contributed by atoms with Crippen LogP contribution in [0.1, 0.15) is 27.2 Å². The molecular formula is C10H19NO2. The Morgan fingerprint density at radius 2 is 2.15 bits per heavy atom. The van der Waals surface area contributed by atoms with E-state index >= 15 is 0 Å². The molecule has 0 spiro atoms. The van der Waals surface area contributed by atoms with Gasteiger partial charge in [0.2, 0.25) is 0 Å². The lowest BCUT2D eigenvalue weighted by atomic mass is 9.91. The number of aliphatic hydroxyl groups is 1. The minimum absolute atomic E-state index is 0.109. The van der Waals surface area contributed by atoms with Gasteiger partial charge in [0.05, 0.1) is 12.0 Å². The van der Waals surface area contributed by atoms with Crippen LogP contribution in [0.15, 0.2) is 0 Å². The molecule has 1 saturated heterocycles. The number of hydrogen-bond donors (Lipinski definition) is 1. The zero-order chi connectivity index (χ0) is 10.0. The molecule has 1 fully saturated rings. The van der Waals surface area contributed by atoms with Crippen LogP contribution in [-0.4, -0.2) is 41.0 Å². The first-order chi connectivity index (χ1) is 6.02. The van der Waals surface area contributed by atoms with Crippen molar-refractivity contribution in [2.24, 2.45) is 5.92 Å². The molecule has 1 N–H and O–H groups in total. The lowest BCUT2D eigenvalue weighted by molar-refractivity contribution is -0.127. The van der Waals surface area contributed by atoms with Crippen LogP contribution in [0.5, 0.6) is 0 Å². The third-order valence-corrected chi connectivity index (χ3v) is 2.86. The Hall–Kier alpha value is -0.410. The third kappa shape index (κ3) is 2.51. The van der Waals surface area contributed by atoms with Crippen LogP contribution >= 0.6 is 0 Å². The first-order valence-corrected chi connectivity index (χ1v) is 4.95. The van der Waals surface area contributed by atoms with Crippen molar-refractivity contribution in [3.8, 4) is 0 Å². The van der Waals surface area contributed by atoms with Crippen molar-refractivity contribution >= 4 is 5.78 Å². The van der Waals surface area contributed by atoms with Gasteiger partial charge in [-0.2, -0.15) is 0 Å². The molecule has 2 unspecified atom stereocenters. The molecule has 0 amide bonds. The Morgan fingerprint density at radius 3 is 2.62 bits per heavy atom. The molecule has 0 aromatic carbocycles. The second-order valence-corrected chi connectivity index (χ2v) is 4.16. The normalized spacial score (nSPS) is 30.8. The highest BCUT2D eigenvalue weighted by atomic mass is 16.3. The van der Waals surface area contributed by atoms with Gasteiger partial charge in [-0.25, -0.2) is 0 Å². The Morgan fingerprint density at radius 1 is 1.54 bits per heavy atom. The Bertz CT molecular complexity index is 191. The quantitative estimate of drug-likeness (QED) is 0.687. The number of ketones is 1. The van der Waals surface area contributed by atoms with E-state index in [2.05, 4.69) is 18.7 Å². The first-order valence-electron chi connectivity index (χ1n) is 4.95. The lowest BCUT2D eigenvalue weighted by Gasteiger charge is -2.37. The highest BCUT2D eigenvalue weighted by Gasteiger charge is 2.31. The molecule has 3 heteroatoms. The SMILES string of the molecule is CC(=O)C1CN(C(C)C)CCC1O. The van der Waals surface area contributed by atoms with Crippen molar-refractivity contribution in [3.63, 3.8) is 0 Å². The number of rotatable bonds is 2. The highest BCUT2D eigenvalue weighted by Crippen LogP contribution is 2.19. The van der Waals surface area contributed by atoms with Crippen molar-refractivity contribution in [2.75, 3.05) is 13.1 Å². The molecule has 1 aliphatic rings. The second-order valence-electron chi connectivity index (χ2n) is 4.16. The van der Waals surface area contributed by atoms with Gasteiger partial charge >= 0.3 is 0 Å². The van der Waals surface area contributed by atoms with E-state index in [1.54, 1.807) is 6.92 Å². The number of likely N-dealkylation sites (tertiary alicyclic amines) is 1. The van der Waals surface area contributed by atoms with Crippen LogP contribution in [0.25, 0.3) is 0 Å². The van der Waals surface area contributed by atoms with Crippen LogP contribution < -0.4 is 0 Å². The monoisotopic (exact) mass is 185 g/mol. The van der Waals surface area contributed by atoms with E-state index in [4.69, 9.17) is 0 Å². The smallest absolute Gasteiger partial charge is 0.136 e. The van der Waals surface area contributed by atoms with Crippen LogP contribution in [0.3, 0.4) is 0 Å². The fourth-order valence-corrected chi connectivity index (χ4v) is 1.83. The summed E-state index contributed by atoms with van der Waals surface area (Å²) in [7, 11) is 0. The molecule has 0 radical (unpaired) electrons. The first kappa shape index (κ1) is 10.7. The molecule has 1 aliphatic heterocycles. The molecule has 0 aromatic heterocycles. The summed E-state index contributed by atoms with van der Waals surface area (Å²) in [4.78, 5) is 13.4. The van der Waals surface area contributed by atoms with E-state index in [-0.39, 0.29) is 11.7 Å². The molecule has 0 aliphatic carbocycles. The number of piperidine rings is 1. The predicted molar refractivity (Wildman–Crippen MR) is 51.5 cm³/mol. The Kier molecular flexibility index (Phi) is 3.45. The number of aliphatic hydroxyl groups excluding tert-OH is 1. The molecule has 3 nitrogen and oxygen atoms in total. The fourth-order valence-electron chi connectivity index (χ4n) is 1.83. The summed E-state index contributed by atoms with van der Waals surface area (Å²) >= 11 is 0. The molecule has 1 rings (SSSR count). The molecule has 13 heavy (non-hydrogen) atoms. The minimum atomic E-state index is -0.424. The summed E-state index contributed by atoms with van der Waals surface area (Å²) in [6.07, 6.45) is 0.301. The van der Waals surface area contributed by atoms with Gasteiger partial charge < -0.3 is 10.0 Å². The van der Waals surface area contributed by atoms with Gasteiger partial charge in [-0.15, -0.1) is 0 Å². The van der Waals surface area contributed by atoms with Crippen molar-refractivity contribution < 1.29 is 9.90 Å². The maximum atomic E-state index is 11.2. The highest BCUT2D eigenvalue weighted by molar-refractivity contribution is 5.79. The van der Waals surface area contributed by atoms with Crippen molar-refractivity contribution in [1.29, 1.82) is 0 Å². The summed E-state index contributed by atoms with van der Waals surface area (Å²) in [6, 6.07) is 0.467. The third-order valence-electron chi connectivity index (χ3n) is 2.86. The summed E-state index contributed by atoms with van der Waals surface area (Å²) in [5.41, 5.74) is 0. The standard InChI is InChI=1S/C10H19NO2/c1-7(2)11-5-4-10(13)9(6-11)8(3)12/h7,9-10,13H,4-6H2,1-3H3.